The Kier molecular flexibility index (Phi) is 7.48. The summed E-state index contributed by atoms with van der Waals surface area (Å²) in [4.78, 5) is 13.8. The number of rotatable bonds is 7. The maximum absolute atomic E-state index is 12.9. The van der Waals surface area contributed by atoms with Crippen molar-refractivity contribution < 1.29 is 32.5 Å². The van der Waals surface area contributed by atoms with Crippen LogP contribution in [-0.2, 0) is 20.4 Å². The van der Waals surface area contributed by atoms with E-state index in [1.54, 1.807) is 27.1 Å². The predicted molar refractivity (Wildman–Crippen MR) is 97.3 cm³/mol. The van der Waals surface area contributed by atoms with E-state index in [-0.39, 0.29) is 30.1 Å². The topological polar surface area (TPSA) is 59.0 Å². The fraction of sp³-hybridized carbons (Fsp3) is 0.550. The van der Waals surface area contributed by atoms with Crippen LogP contribution in [0.15, 0.2) is 36.1 Å². The van der Waals surface area contributed by atoms with Crippen LogP contribution >= 0.6 is 0 Å². The third-order valence-electron chi connectivity index (χ3n) is 4.65. The van der Waals surface area contributed by atoms with Crippen LogP contribution < -0.4 is 0 Å². The molecule has 28 heavy (non-hydrogen) atoms. The number of aliphatic hydroxyl groups excluding tert-OH is 1. The molecule has 1 N–H and O–H groups in total. The summed E-state index contributed by atoms with van der Waals surface area (Å²) in [6.45, 7) is 2.12. The monoisotopic (exact) mass is 401 g/mol. The van der Waals surface area contributed by atoms with Crippen molar-refractivity contribution >= 4 is 5.91 Å². The van der Waals surface area contributed by atoms with E-state index >= 15 is 0 Å². The molecule has 0 saturated heterocycles. The average Bonchev–Trinajstić information content (AvgIpc) is 2.65. The number of allylic oxidation sites excluding steroid dienone is 1. The maximum Gasteiger partial charge on any atom is 0.416 e. The van der Waals surface area contributed by atoms with E-state index in [0.29, 0.717) is 25.0 Å². The molecule has 0 aromatic heterocycles. The number of nitrogens with zero attached hydrogens (tertiary/aromatic N) is 1. The molecular weight excluding hydrogens is 375 g/mol. The van der Waals surface area contributed by atoms with Gasteiger partial charge in [-0.3, -0.25) is 4.79 Å². The van der Waals surface area contributed by atoms with Crippen molar-refractivity contribution in [2.45, 2.75) is 38.1 Å². The number of halogens is 3. The van der Waals surface area contributed by atoms with E-state index in [1.807, 2.05) is 0 Å². The second-order valence-corrected chi connectivity index (χ2v) is 6.85. The molecular formula is C20H26F3NO4. The average molecular weight is 401 g/mol. The molecule has 3 atom stereocenters. The van der Waals surface area contributed by atoms with Crippen molar-refractivity contribution in [1.82, 2.24) is 4.90 Å². The highest BCUT2D eigenvalue weighted by atomic mass is 19.4. The first kappa shape index (κ1) is 22.2. The van der Waals surface area contributed by atoms with Crippen molar-refractivity contribution in [2.24, 2.45) is 5.92 Å². The molecule has 1 aromatic rings. The smallest absolute Gasteiger partial charge is 0.416 e. The van der Waals surface area contributed by atoms with Crippen LogP contribution in [-0.4, -0.2) is 49.5 Å². The summed E-state index contributed by atoms with van der Waals surface area (Å²) in [7, 11) is 3.18. The lowest BCUT2D eigenvalue weighted by atomic mass is 9.80. The number of amides is 1. The SMILES string of the molecule is CCO[C@H]1OC(C(=O)N(C)C)=C[C@@H](c2ccc(C(F)(F)F)cc2)[C@H]1CCCO. The zero-order valence-electron chi connectivity index (χ0n) is 16.2. The maximum atomic E-state index is 12.9. The van der Waals surface area contributed by atoms with E-state index < -0.39 is 18.0 Å². The molecule has 0 unspecified atom stereocenters. The lowest BCUT2D eigenvalue weighted by molar-refractivity contribution is -0.169. The molecule has 1 aromatic carbocycles. The minimum atomic E-state index is -4.42. The fourth-order valence-corrected chi connectivity index (χ4v) is 3.25. The van der Waals surface area contributed by atoms with Gasteiger partial charge in [-0.25, -0.2) is 0 Å². The normalized spacial score (nSPS) is 22.4. The number of likely N-dealkylation sites (N-methyl/N-ethyl adjacent to an activating group) is 1. The molecule has 1 aliphatic rings. The molecule has 0 bridgehead atoms. The highest BCUT2D eigenvalue weighted by Crippen LogP contribution is 2.40. The quantitative estimate of drug-likeness (QED) is 0.759. The molecule has 2 rings (SSSR count). The van der Waals surface area contributed by atoms with E-state index in [9.17, 15) is 23.1 Å². The zero-order valence-corrected chi connectivity index (χ0v) is 16.2. The fourth-order valence-electron chi connectivity index (χ4n) is 3.25. The first-order chi connectivity index (χ1) is 13.2. The van der Waals surface area contributed by atoms with Crippen LogP contribution in [0, 0.1) is 5.92 Å². The summed E-state index contributed by atoms with van der Waals surface area (Å²) < 4.78 is 50.1. The van der Waals surface area contributed by atoms with Gasteiger partial charge in [0.25, 0.3) is 5.91 Å². The van der Waals surface area contributed by atoms with Crippen LogP contribution in [0.4, 0.5) is 13.2 Å². The van der Waals surface area contributed by atoms with Gasteiger partial charge in [0.2, 0.25) is 6.29 Å². The number of benzene rings is 1. The second-order valence-electron chi connectivity index (χ2n) is 6.85. The lowest BCUT2D eigenvalue weighted by Gasteiger charge is -2.37. The summed E-state index contributed by atoms with van der Waals surface area (Å²) in [5.41, 5.74) is -0.0989. The van der Waals surface area contributed by atoms with Crippen molar-refractivity contribution in [3.63, 3.8) is 0 Å². The van der Waals surface area contributed by atoms with Gasteiger partial charge in [0.05, 0.1) is 5.56 Å². The number of ether oxygens (including phenoxy) is 2. The molecule has 0 aliphatic carbocycles. The largest absolute Gasteiger partial charge is 0.459 e. The van der Waals surface area contributed by atoms with E-state index in [2.05, 4.69) is 0 Å². The van der Waals surface area contributed by atoms with Gasteiger partial charge in [-0.2, -0.15) is 13.2 Å². The van der Waals surface area contributed by atoms with E-state index in [0.717, 1.165) is 12.1 Å². The van der Waals surface area contributed by atoms with Gasteiger partial charge in [0, 0.05) is 39.1 Å². The summed E-state index contributed by atoms with van der Waals surface area (Å²) in [6.07, 6.45) is -2.48. The highest BCUT2D eigenvalue weighted by molar-refractivity contribution is 5.91. The first-order valence-electron chi connectivity index (χ1n) is 9.18. The van der Waals surface area contributed by atoms with Gasteiger partial charge in [0.15, 0.2) is 5.76 Å². The first-order valence-corrected chi connectivity index (χ1v) is 9.18. The molecule has 1 heterocycles. The molecule has 0 spiro atoms. The Morgan fingerprint density at radius 1 is 1.25 bits per heavy atom. The molecule has 0 radical (unpaired) electrons. The molecule has 0 fully saturated rings. The Hall–Kier alpha value is -2.06. The van der Waals surface area contributed by atoms with Gasteiger partial charge in [-0.15, -0.1) is 0 Å². The van der Waals surface area contributed by atoms with Crippen LogP contribution in [0.25, 0.3) is 0 Å². The van der Waals surface area contributed by atoms with Gasteiger partial charge in [-0.1, -0.05) is 12.1 Å². The number of hydrogen-bond acceptors (Lipinski definition) is 4. The second kappa shape index (κ2) is 9.43. The third-order valence-corrected chi connectivity index (χ3v) is 4.65. The Balaban J connectivity index is 2.45. The minimum Gasteiger partial charge on any atom is -0.459 e. The summed E-state index contributed by atoms with van der Waals surface area (Å²) in [5, 5.41) is 9.23. The van der Waals surface area contributed by atoms with Crippen molar-refractivity contribution in [2.75, 3.05) is 27.3 Å². The molecule has 0 saturated carbocycles. The van der Waals surface area contributed by atoms with Crippen molar-refractivity contribution in [1.29, 1.82) is 0 Å². The standard InChI is InChI=1S/C20H26F3NO4/c1-4-27-19-15(6-5-11-25)16(12-17(28-19)18(26)24(2)3)13-7-9-14(10-8-13)20(21,22)23/h7-10,12,15-16,19,25H,4-6,11H2,1-3H3/t15-,16+,19+/m1/s1. The van der Waals surface area contributed by atoms with Crippen LogP contribution in [0.3, 0.4) is 0 Å². The Bertz CT molecular complexity index is 686. The Morgan fingerprint density at radius 3 is 2.39 bits per heavy atom. The highest BCUT2D eigenvalue weighted by Gasteiger charge is 2.38. The van der Waals surface area contributed by atoms with Crippen LogP contribution in [0.5, 0.6) is 0 Å². The Labute approximate surface area is 162 Å². The molecule has 1 amide bonds. The molecule has 1 aliphatic heterocycles. The summed E-state index contributed by atoms with van der Waals surface area (Å²) >= 11 is 0. The lowest BCUT2D eigenvalue weighted by Crippen LogP contribution is -2.38. The minimum absolute atomic E-state index is 0.0255. The number of hydrogen-bond donors (Lipinski definition) is 1. The van der Waals surface area contributed by atoms with Gasteiger partial charge in [-0.05, 0) is 43.5 Å². The van der Waals surface area contributed by atoms with E-state index in [4.69, 9.17) is 9.47 Å². The summed E-state index contributed by atoms with van der Waals surface area (Å²) in [5.74, 6) is -0.864. The van der Waals surface area contributed by atoms with Crippen LogP contribution in [0.2, 0.25) is 0 Å². The van der Waals surface area contributed by atoms with Gasteiger partial charge < -0.3 is 19.5 Å². The molecule has 156 valence electrons. The third kappa shape index (κ3) is 5.26. The molecule has 8 heteroatoms. The van der Waals surface area contributed by atoms with E-state index in [1.165, 1.54) is 17.0 Å². The predicted octanol–water partition coefficient (Wildman–Crippen LogP) is 3.54. The molecule has 5 nitrogen and oxygen atoms in total. The van der Waals surface area contributed by atoms with Gasteiger partial charge in [0.1, 0.15) is 0 Å². The number of carbonyl (C=O) groups is 1. The summed E-state index contributed by atoms with van der Waals surface area (Å²) in [6, 6.07) is 4.90. The zero-order chi connectivity index (χ0) is 20.9. The van der Waals surface area contributed by atoms with Crippen molar-refractivity contribution in [3.8, 4) is 0 Å². The number of aliphatic hydroxyl groups is 1. The van der Waals surface area contributed by atoms with Crippen LogP contribution in [0.1, 0.15) is 36.8 Å². The number of alkyl halides is 3. The Morgan fingerprint density at radius 2 is 1.89 bits per heavy atom. The van der Waals surface area contributed by atoms with Crippen molar-refractivity contribution in [3.05, 3.63) is 47.2 Å². The number of carbonyl (C=O) groups excluding carboxylic acids is 1. The van der Waals surface area contributed by atoms with Gasteiger partial charge >= 0.3 is 6.18 Å².